The van der Waals surface area contributed by atoms with E-state index in [-0.39, 0.29) is 53.5 Å². The number of Topliss-reactive ketones (excluding diaryl/α,β-unsaturated/α-hetero) is 2. The summed E-state index contributed by atoms with van der Waals surface area (Å²) in [6.45, 7) is 2.81. The van der Waals surface area contributed by atoms with Gasteiger partial charge in [0.1, 0.15) is 28.9 Å². The molecule has 0 spiro atoms. The van der Waals surface area contributed by atoms with Crippen LogP contribution < -0.4 is 42.4 Å². The summed E-state index contributed by atoms with van der Waals surface area (Å²) in [6.07, 6.45) is 0.500. The number of aromatic amines is 1. The van der Waals surface area contributed by atoms with Crippen LogP contribution in [0.2, 0.25) is 0 Å². The molecule has 4 aliphatic heterocycles. The zero-order valence-corrected chi connectivity index (χ0v) is 50.4. The monoisotopic (exact) mass is 1240 g/mol. The number of thioether (sulfide) groups is 1. The minimum absolute atomic E-state index is 0.0859. The first-order valence-electron chi connectivity index (χ1n) is 29.0. The molecule has 0 radical (unpaired) electrons. The Kier molecular flexibility index (Phi) is 25.4. The molecule has 10 amide bonds. The molecule has 6 rings (SSSR count). The predicted octanol–water partition coefficient (Wildman–Crippen LogP) is -1.82. The zero-order chi connectivity index (χ0) is 62.9. The first-order chi connectivity index (χ1) is 41.0. The van der Waals surface area contributed by atoms with Crippen LogP contribution >= 0.6 is 11.8 Å². The number of hydrogen-bond donors (Lipinski definition) is 11. The second-order valence-corrected chi connectivity index (χ2v) is 24.8. The second-order valence-electron chi connectivity index (χ2n) is 22.3. The molecule has 5 heterocycles. The number of aromatic nitrogens is 1. The van der Waals surface area contributed by atoms with E-state index in [4.69, 9.17) is 10.5 Å². The van der Waals surface area contributed by atoms with Crippen LogP contribution in [0.15, 0.2) is 29.3 Å². The van der Waals surface area contributed by atoms with E-state index in [0.29, 0.717) is 73.0 Å². The summed E-state index contributed by atoms with van der Waals surface area (Å²) >= 11 is 1.51. The second kappa shape index (κ2) is 32.1. The van der Waals surface area contributed by atoms with E-state index < -0.39 is 181 Å². The van der Waals surface area contributed by atoms with E-state index in [0.717, 1.165) is 9.80 Å². The molecule has 1 saturated heterocycles. The fourth-order valence-corrected chi connectivity index (χ4v) is 13.3. The topological polar surface area (TPSA) is 412 Å². The number of unbranched alkanes of at least 4 members (excludes halogenated alkanes) is 3. The molecule has 1 aromatic heterocycles. The highest BCUT2D eigenvalue weighted by Crippen LogP contribution is 2.37. The van der Waals surface area contributed by atoms with Gasteiger partial charge < -0.3 is 67.6 Å². The number of methoxy groups -OCH3 is 1. The Morgan fingerprint density at radius 1 is 0.884 bits per heavy atom. The number of imide groups is 1. The number of aliphatic hydroxyl groups excluding tert-OH is 3. The molecular weight excluding hydrogens is 1160 g/mol. The Morgan fingerprint density at radius 2 is 1.60 bits per heavy atom. The van der Waals surface area contributed by atoms with Crippen LogP contribution in [0.25, 0.3) is 10.9 Å². The third kappa shape index (κ3) is 18.0. The van der Waals surface area contributed by atoms with Crippen molar-refractivity contribution < 1.29 is 81.8 Å². The van der Waals surface area contributed by atoms with Gasteiger partial charge in [-0.05, 0) is 61.5 Å². The number of aliphatic hydroxyl groups is 3. The first-order valence-corrected chi connectivity index (χ1v) is 31.5. The van der Waals surface area contributed by atoms with Crippen LogP contribution in [0.4, 0.5) is 0 Å². The Bertz CT molecular complexity index is 2940. The molecule has 0 aliphatic carbocycles. The number of nitrogens with two attached hydrogens (primary N) is 1. The smallest absolute Gasteiger partial charge is 0.253 e. The molecule has 1 fully saturated rings. The molecular formula is C57H80N10O17S2. The maximum Gasteiger partial charge on any atom is 0.253 e. The van der Waals surface area contributed by atoms with Crippen molar-refractivity contribution in [2.75, 3.05) is 57.9 Å². The van der Waals surface area contributed by atoms with Crippen LogP contribution in [0.3, 0.4) is 0 Å². The number of nitrogens with zero attached hydrogens (tertiary/aromatic N) is 2. The molecule has 1 aromatic carbocycles. The first kappa shape index (κ1) is 68.0. The van der Waals surface area contributed by atoms with E-state index in [1.807, 2.05) is 0 Å². The summed E-state index contributed by atoms with van der Waals surface area (Å²) in [4.78, 5) is 169. The number of hydrogen-bond acceptors (Lipinski definition) is 18. The van der Waals surface area contributed by atoms with Gasteiger partial charge in [0, 0.05) is 91.9 Å². The normalized spacial score (nSPS) is 25.2. The lowest BCUT2D eigenvalue weighted by Gasteiger charge is -2.32. The molecule has 472 valence electrons. The standard InChI is InChI=1S/C57H80N10O17S2/c1-5-30(2)36-21-33(69)24-60-52(78)32-19-37-35-12-13-44(84-4)38(28-85-18-10-8-16-59-46(74)11-7-6-9-17-66-48(76)14-15-49(66)77)51(35)65-56(37)86(83)29-40(62-47(75)25-61-53(36)79)54(80)63-39(23-45(58)73)57(82)67-26-34(70)22-41(67)55(81)64-50(42(71)20-32)31(3)43(72)27-68/h12-15,30-32,34,36,39-41,43,50,65,68,70,72H,5-11,16-29H2,1-4H3,(H2,58,73)(H,59,74)(H,60,78)(H,61,79)(H,62,75)(H,63,80)(H,64,81)/t30-,31-,32+,34+,36-,39-,40-,41-,43-,50-,86?/m0/s1. The van der Waals surface area contributed by atoms with Crippen molar-refractivity contribution in [1.29, 1.82) is 0 Å². The maximum absolute atomic E-state index is 15.3. The minimum atomic E-state index is -2.41. The molecule has 4 aliphatic rings. The van der Waals surface area contributed by atoms with E-state index in [1.165, 1.54) is 37.9 Å². The average molecular weight is 1240 g/mol. The van der Waals surface area contributed by atoms with Crippen molar-refractivity contribution in [3.05, 3.63) is 35.4 Å². The summed E-state index contributed by atoms with van der Waals surface area (Å²) in [5.74, 6) is -12.8. The van der Waals surface area contributed by atoms with Gasteiger partial charge in [-0.1, -0.05) is 33.6 Å². The van der Waals surface area contributed by atoms with Crippen LogP contribution in [-0.2, 0) is 80.5 Å². The summed E-state index contributed by atoms with van der Waals surface area (Å²) < 4.78 is 21.1. The number of amides is 10. The van der Waals surface area contributed by atoms with Crippen molar-refractivity contribution in [2.45, 2.75) is 145 Å². The Hall–Kier alpha value is -7.08. The highest BCUT2D eigenvalue weighted by Gasteiger charge is 2.45. The number of nitrogens with one attached hydrogen (secondary N) is 7. The third-order valence-corrected chi connectivity index (χ3v) is 18.6. The molecule has 86 heavy (non-hydrogen) atoms. The third-order valence-electron chi connectivity index (χ3n) is 16.1. The molecule has 29 heteroatoms. The van der Waals surface area contributed by atoms with Crippen LogP contribution in [0.1, 0.15) is 103 Å². The van der Waals surface area contributed by atoms with E-state index in [1.54, 1.807) is 26.0 Å². The molecule has 27 nitrogen and oxygen atoms in total. The molecule has 2 bridgehead atoms. The number of H-pyrrole nitrogens is 1. The predicted molar refractivity (Wildman–Crippen MR) is 312 cm³/mol. The van der Waals surface area contributed by atoms with Crippen molar-refractivity contribution in [2.24, 2.45) is 29.4 Å². The fraction of sp³-hybridized carbons (Fsp3) is 0.614. The van der Waals surface area contributed by atoms with E-state index >= 15 is 4.21 Å². The maximum atomic E-state index is 15.3. The van der Waals surface area contributed by atoms with E-state index in [9.17, 15) is 72.9 Å². The minimum Gasteiger partial charge on any atom is -0.496 e. The van der Waals surface area contributed by atoms with Gasteiger partial charge in [-0.3, -0.25) is 66.6 Å². The fourth-order valence-electron chi connectivity index (χ4n) is 10.9. The van der Waals surface area contributed by atoms with Gasteiger partial charge in [0.25, 0.3) is 11.8 Å². The number of rotatable bonds is 21. The summed E-state index contributed by atoms with van der Waals surface area (Å²) in [6, 6.07) is -3.65. The number of carbonyl (C=O) groups is 12. The highest BCUT2D eigenvalue weighted by atomic mass is 32.2. The van der Waals surface area contributed by atoms with Gasteiger partial charge in [-0.2, -0.15) is 11.8 Å². The van der Waals surface area contributed by atoms with Crippen LogP contribution in [0.5, 0.6) is 5.75 Å². The van der Waals surface area contributed by atoms with Gasteiger partial charge in [0.15, 0.2) is 11.6 Å². The van der Waals surface area contributed by atoms with Crippen molar-refractivity contribution in [1.82, 2.24) is 46.7 Å². The van der Waals surface area contributed by atoms with Crippen LogP contribution in [0, 0.1) is 23.7 Å². The van der Waals surface area contributed by atoms with Crippen LogP contribution in [-0.4, -0.2) is 199 Å². The quantitative estimate of drug-likeness (QED) is 0.0484. The number of benzene rings is 1. The number of ether oxygens (including phenoxy) is 1. The molecule has 12 N–H and O–H groups in total. The molecule has 0 saturated carbocycles. The van der Waals surface area contributed by atoms with Gasteiger partial charge >= 0.3 is 0 Å². The Morgan fingerprint density at radius 3 is 2.29 bits per heavy atom. The summed E-state index contributed by atoms with van der Waals surface area (Å²) in [5.41, 5.74) is 6.73. The molecule has 2 aromatic rings. The van der Waals surface area contributed by atoms with Gasteiger partial charge in [-0.25, -0.2) is 0 Å². The summed E-state index contributed by atoms with van der Waals surface area (Å²) in [7, 11) is -0.960. The van der Waals surface area contributed by atoms with Crippen molar-refractivity contribution in [3.8, 4) is 5.75 Å². The van der Waals surface area contributed by atoms with Gasteiger partial charge in [0.05, 0.1) is 73.5 Å². The lowest BCUT2D eigenvalue weighted by atomic mass is 9.85. The Labute approximate surface area is 504 Å². The number of carbonyl (C=O) groups excluding carboxylic acids is 12. The number of fused-ring (bicyclic) bond motifs is 5. The molecule has 1 unspecified atom stereocenters. The van der Waals surface area contributed by atoms with Gasteiger partial charge in [-0.15, -0.1) is 0 Å². The molecule has 11 atom stereocenters. The number of ketones is 2. The van der Waals surface area contributed by atoms with Crippen molar-refractivity contribution >= 4 is 104 Å². The Balaban J connectivity index is 1.38. The van der Waals surface area contributed by atoms with Crippen molar-refractivity contribution in [3.63, 3.8) is 0 Å². The average Bonchev–Trinajstić information content (AvgIpc) is 1.85. The lowest BCUT2D eigenvalue weighted by Crippen LogP contribution is -2.60. The number of primary amides is 1. The van der Waals surface area contributed by atoms with Gasteiger partial charge in [0.2, 0.25) is 47.3 Å². The largest absolute Gasteiger partial charge is 0.496 e. The lowest BCUT2D eigenvalue weighted by molar-refractivity contribution is -0.144. The zero-order valence-electron chi connectivity index (χ0n) is 48.8. The highest BCUT2D eigenvalue weighted by molar-refractivity contribution is 7.98. The SMILES string of the molecule is CC[C@H](C)[C@@H]1CC(=O)CNC(=O)[C@H]2CC(=O)[C@H]([C@@H](C)[C@@H](O)CO)NC(=O)[C@@H]3C[C@@H](O)CN3C(=O)[C@H](CC(N)=O)NC(=O)[C@H](CS(=O)c3[nH]c4c(CSCCCCNC(=O)CCCCCN5C(=O)C=CC5=O)c(OC)ccc4c3C2)NC(=O)CNC1=O. The summed E-state index contributed by atoms with van der Waals surface area (Å²) in [5, 5.41) is 47.8. The van der Waals surface area contributed by atoms with E-state index in [2.05, 4.69) is 36.9 Å².